The van der Waals surface area contributed by atoms with Crippen LogP contribution in [0.2, 0.25) is 0 Å². The molecule has 0 radical (unpaired) electrons. The van der Waals surface area contributed by atoms with Crippen molar-refractivity contribution in [2.24, 2.45) is 11.7 Å². The van der Waals surface area contributed by atoms with E-state index in [1.807, 2.05) is 30.9 Å². The van der Waals surface area contributed by atoms with Crippen LogP contribution < -0.4 is 5.73 Å². The molecule has 1 saturated heterocycles. The molecule has 2 fully saturated rings. The molecule has 1 aromatic rings. The van der Waals surface area contributed by atoms with E-state index in [-0.39, 0.29) is 11.4 Å². The number of hydrogen-bond donors (Lipinski definition) is 1. The second kappa shape index (κ2) is 3.33. The van der Waals surface area contributed by atoms with E-state index in [1.54, 1.807) is 0 Å². The lowest BCUT2D eigenvalue weighted by molar-refractivity contribution is 0.0772. The number of aryl methyl sites for hydroxylation is 2. The van der Waals surface area contributed by atoms with Gasteiger partial charge in [-0.15, -0.1) is 0 Å². The summed E-state index contributed by atoms with van der Waals surface area (Å²) in [6.45, 7) is 5.61. The molecule has 90 valence electrons. The molecule has 1 aliphatic heterocycles. The van der Waals surface area contributed by atoms with Gasteiger partial charge in [-0.2, -0.15) is 0 Å². The van der Waals surface area contributed by atoms with E-state index < -0.39 is 0 Å². The van der Waals surface area contributed by atoms with Gasteiger partial charge in [0, 0.05) is 24.2 Å². The van der Waals surface area contributed by atoms with Gasteiger partial charge >= 0.3 is 0 Å². The number of carbonyl (C=O) groups is 1. The summed E-state index contributed by atoms with van der Waals surface area (Å²) in [4.78, 5) is 14.2. The Morgan fingerprint density at radius 3 is 2.53 bits per heavy atom. The maximum atomic E-state index is 12.3. The van der Waals surface area contributed by atoms with Crippen LogP contribution in [-0.2, 0) is 0 Å². The zero-order valence-corrected chi connectivity index (χ0v) is 10.4. The van der Waals surface area contributed by atoms with Crippen LogP contribution in [0.15, 0.2) is 18.2 Å². The van der Waals surface area contributed by atoms with Gasteiger partial charge in [-0.05, 0) is 38.3 Å². The molecule has 1 aromatic carbocycles. The Morgan fingerprint density at radius 2 is 2.00 bits per heavy atom. The number of hydrogen-bond acceptors (Lipinski definition) is 2. The second-order valence-corrected chi connectivity index (χ2v) is 5.70. The number of rotatable bonds is 1. The fraction of sp³-hybridized carbons (Fsp3) is 0.500. The van der Waals surface area contributed by atoms with Crippen LogP contribution in [0.3, 0.4) is 0 Å². The molecule has 1 saturated carbocycles. The molecular weight excluding hydrogens is 212 g/mol. The maximum Gasteiger partial charge on any atom is 0.253 e. The first-order valence-corrected chi connectivity index (χ1v) is 6.14. The zero-order valence-electron chi connectivity index (χ0n) is 10.4. The highest BCUT2D eigenvalue weighted by Crippen LogP contribution is 2.47. The SMILES string of the molecule is Cc1cc(C)cc(C(=O)N2CC3CC3(N)C2)c1. The minimum Gasteiger partial charge on any atom is -0.336 e. The average Bonchev–Trinajstić information content (AvgIpc) is 2.75. The Labute approximate surface area is 102 Å². The summed E-state index contributed by atoms with van der Waals surface area (Å²) in [6, 6.07) is 6.01. The van der Waals surface area contributed by atoms with Gasteiger partial charge in [-0.1, -0.05) is 17.2 Å². The van der Waals surface area contributed by atoms with E-state index in [9.17, 15) is 4.79 Å². The predicted molar refractivity (Wildman–Crippen MR) is 66.8 cm³/mol. The Bertz CT molecular complexity index is 477. The van der Waals surface area contributed by atoms with Gasteiger partial charge in [0.25, 0.3) is 5.91 Å². The van der Waals surface area contributed by atoms with Crippen LogP contribution >= 0.6 is 0 Å². The second-order valence-electron chi connectivity index (χ2n) is 5.70. The molecule has 2 atom stereocenters. The van der Waals surface area contributed by atoms with Crippen LogP contribution in [0.1, 0.15) is 27.9 Å². The third kappa shape index (κ3) is 1.75. The van der Waals surface area contributed by atoms with Crippen LogP contribution in [-0.4, -0.2) is 29.4 Å². The average molecular weight is 230 g/mol. The molecule has 0 bridgehead atoms. The summed E-state index contributed by atoms with van der Waals surface area (Å²) >= 11 is 0. The van der Waals surface area contributed by atoms with Gasteiger partial charge in [0.2, 0.25) is 0 Å². The molecule has 17 heavy (non-hydrogen) atoms. The number of benzene rings is 1. The number of piperidine rings is 1. The minimum atomic E-state index is -0.0610. The Balaban J connectivity index is 1.82. The third-order valence-corrected chi connectivity index (χ3v) is 3.96. The van der Waals surface area contributed by atoms with Crippen molar-refractivity contribution in [3.05, 3.63) is 34.9 Å². The van der Waals surface area contributed by atoms with Crippen molar-refractivity contribution >= 4 is 5.91 Å². The first-order valence-electron chi connectivity index (χ1n) is 6.14. The van der Waals surface area contributed by atoms with Gasteiger partial charge in [0.15, 0.2) is 0 Å². The lowest BCUT2D eigenvalue weighted by Gasteiger charge is -2.20. The van der Waals surface area contributed by atoms with Crippen molar-refractivity contribution in [3.8, 4) is 0 Å². The Kier molecular flexibility index (Phi) is 2.11. The summed E-state index contributed by atoms with van der Waals surface area (Å²) in [5.74, 6) is 0.672. The molecule has 1 heterocycles. The normalized spacial score (nSPS) is 30.3. The van der Waals surface area contributed by atoms with Crippen LogP contribution in [0.5, 0.6) is 0 Å². The molecule has 2 N–H and O–H groups in total. The topological polar surface area (TPSA) is 46.3 Å². The maximum absolute atomic E-state index is 12.3. The number of fused-ring (bicyclic) bond motifs is 1. The van der Waals surface area contributed by atoms with E-state index >= 15 is 0 Å². The smallest absolute Gasteiger partial charge is 0.253 e. The van der Waals surface area contributed by atoms with E-state index in [0.29, 0.717) is 5.92 Å². The molecule has 2 aliphatic rings. The quantitative estimate of drug-likeness (QED) is 0.794. The number of nitrogens with zero attached hydrogens (tertiary/aromatic N) is 1. The summed E-state index contributed by atoms with van der Waals surface area (Å²) in [7, 11) is 0. The summed E-state index contributed by atoms with van der Waals surface area (Å²) in [5.41, 5.74) is 9.14. The minimum absolute atomic E-state index is 0.0610. The summed E-state index contributed by atoms with van der Waals surface area (Å²) in [5, 5.41) is 0. The van der Waals surface area contributed by atoms with Gasteiger partial charge in [-0.25, -0.2) is 0 Å². The lowest BCUT2D eigenvalue weighted by Crippen LogP contribution is -2.37. The molecule has 0 spiro atoms. The van der Waals surface area contributed by atoms with Crippen molar-refractivity contribution < 1.29 is 4.79 Å². The highest BCUT2D eigenvalue weighted by Gasteiger charge is 2.58. The first kappa shape index (κ1) is 10.8. The number of likely N-dealkylation sites (tertiary alicyclic amines) is 1. The molecule has 1 amide bonds. The number of nitrogens with two attached hydrogens (primary N) is 1. The molecule has 3 nitrogen and oxygen atoms in total. The fourth-order valence-corrected chi connectivity index (χ4v) is 2.96. The third-order valence-electron chi connectivity index (χ3n) is 3.96. The largest absolute Gasteiger partial charge is 0.336 e. The van der Waals surface area contributed by atoms with Crippen molar-refractivity contribution in [2.45, 2.75) is 25.8 Å². The number of carbonyl (C=O) groups excluding carboxylic acids is 1. The Morgan fingerprint density at radius 1 is 1.35 bits per heavy atom. The van der Waals surface area contributed by atoms with Gasteiger partial charge in [-0.3, -0.25) is 4.79 Å². The van der Waals surface area contributed by atoms with Crippen LogP contribution in [0, 0.1) is 19.8 Å². The van der Waals surface area contributed by atoms with Crippen molar-refractivity contribution in [1.29, 1.82) is 0 Å². The molecule has 3 rings (SSSR count). The van der Waals surface area contributed by atoms with E-state index in [1.165, 1.54) is 0 Å². The van der Waals surface area contributed by atoms with Gasteiger partial charge < -0.3 is 10.6 Å². The molecule has 0 aromatic heterocycles. The molecule has 3 heteroatoms. The molecular formula is C14H18N2O. The molecule has 2 unspecified atom stereocenters. The highest BCUT2D eigenvalue weighted by molar-refractivity contribution is 5.95. The standard InChI is InChI=1S/C14H18N2O/c1-9-3-10(2)5-11(4-9)13(17)16-7-12-6-14(12,15)8-16/h3-5,12H,6-8,15H2,1-2H3. The van der Waals surface area contributed by atoms with Gasteiger partial charge in [0.1, 0.15) is 0 Å². The lowest BCUT2D eigenvalue weighted by atomic mass is 10.1. The van der Waals surface area contributed by atoms with E-state index in [4.69, 9.17) is 5.73 Å². The summed E-state index contributed by atoms with van der Waals surface area (Å²) < 4.78 is 0. The highest BCUT2D eigenvalue weighted by atomic mass is 16.2. The summed E-state index contributed by atoms with van der Waals surface area (Å²) in [6.07, 6.45) is 1.09. The molecule has 1 aliphatic carbocycles. The van der Waals surface area contributed by atoms with Crippen LogP contribution in [0.4, 0.5) is 0 Å². The van der Waals surface area contributed by atoms with Crippen molar-refractivity contribution in [3.63, 3.8) is 0 Å². The van der Waals surface area contributed by atoms with Gasteiger partial charge in [0.05, 0.1) is 0 Å². The van der Waals surface area contributed by atoms with Crippen molar-refractivity contribution in [1.82, 2.24) is 4.90 Å². The van der Waals surface area contributed by atoms with Crippen molar-refractivity contribution in [2.75, 3.05) is 13.1 Å². The van der Waals surface area contributed by atoms with E-state index in [0.717, 1.165) is 36.2 Å². The number of amides is 1. The monoisotopic (exact) mass is 230 g/mol. The first-order chi connectivity index (χ1) is 7.98. The van der Waals surface area contributed by atoms with Crippen LogP contribution in [0.25, 0.3) is 0 Å². The Hall–Kier alpha value is -1.35. The fourth-order valence-electron chi connectivity index (χ4n) is 2.96. The zero-order chi connectivity index (χ0) is 12.2. The predicted octanol–water partition coefficient (Wildman–Crippen LogP) is 1.48. The van der Waals surface area contributed by atoms with E-state index in [2.05, 4.69) is 6.07 Å².